The summed E-state index contributed by atoms with van der Waals surface area (Å²) in [6.45, 7) is 0. The number of fused-ring (bicyclic) bond motifs is 1. The average molecular weight is 203 g/mol. The van der Waals surface area contributed by atoms with Crippen LogP contribution in [0.25, 0.3) is 10.8 Å². The van der Waals surface area contributed by atoms with Crippen molar-refractivity contribution in [2.45, 2.75) is 0 Å². The van der Waals surface area contributed by atoms with E-state index in [1.54, 1.807) is 12.4 Å². The Labute approximate surface area is 86.9 Å². The predicted octanol–water partition coefficient (Wildman–Crippen LogP) is 1.89. The van der Waals surface area contributed by atoms with Gasteiger partial charge in [0.05, 0.1) is 11.9 Å². The van der Waals surface area contributed by atoms with Gasteiger partial charge < -0.3 is 11.1 Å². The minimum absolute atomic E-state index is 0.253. The van der Waals surface area contributed by atoms with Gasteiger partial charge in [-0.25, -0.2) is 0 Å². The van der Waals surface area contributed by atoms with Crippen molar-refractivity contribution in [2.75, 3.05) is 5.32 Å². The van der Waals surface area contributed by atoms with Gasteiger partial charge in [0.25, 0.3) is 0 Å². The van der Waals surface area contributed by atoms with Gasteiger partial charge in [-0.15, -0.1) is 0 Å². The quantitative estimate of drug-likeness (QED) is 0.695. The van der Waals surface area contributed by atoms with Gasteiger partial charge >= 0.3 is 0 Å². The van der Waals surface area contributed by atoms with Gasteiger partial charge in [0.2, 0.25) is 0 Å². The number of benzene rings is 1. The van der Waals surface area contributed by atoms with E-state index >= 15 is 0 Å². The molecule has 0 amide bonds. The third-order valence-electron chi connectivity index (χ3n) is 1.93. The lowest BCUT2D eigenvalue weighted by atomic mass is 10.1. The van der Waals surface area contributed by atoms with E-state index in [2.05, 4.69) is 10.3 Å². The van der Waals surface area contributed by atoms with E-state index in [4.69, 9.17) is 18.0 Å². The molecule has 1 heterocycles. The molecule has 0 spiro atoms. The number of nitrogens with two attached hydrogens (primary N) is 1. The minimum Gasteiger partial charge on any atom is -0.376 e. The first-order valence-electron chi connectivity index (χ1n) is 4.16. The van der Waals surface area contributed by atoms with Gasteiger partial charge in [0.15, 0.2) is 5.11 Å². The summed E-state index contributed by atoms with van der Waals surface area (Å²) < 4.78 is 0. The third kappa shape index (κ3) is 1.65. The highest BCUT2D eigenvalue weighted by Gasteiger charge is 2.00. The number of hydrogen-bond donors (Lipinski definition) is 2. The zero-order chi connectivity index (χ0) is 9.97. The highest BCUT2D eigenvalue weighted by Crippen LogP contribution is 2.20. The summed E-state index contributed by atoms with van der Waals surface area (Å²) in [5, 5.41) is 5.28. The average Bonchev–Trinajstić information content (AvgIpc) is 2.18. The molecule has 14 heavy (non-hydrogen) atoms. The van der Waals surface area contributed by atoms with Crippen LogP contribution in [0.5, 0.6) is 0 Å². The molecule has 4 heteroatoms. The van der Waals surface area contributed by atoms with Crippen LogP contribution in [0.1, 0.15) is 0 Å². The molecule has 0 saturated carbocycles. The van der Waals surface area contributed by atoms with E-state index in [9.17, 15) is 0 Å². The fraction of sp³-hybridized carbons (Fsp3) is 0. The van der Waals surface area contributed by atoms with Crippen LogP contribution < -0.4 is 11.1 Å². The third-order valence-corrected chi connectivity index (χ3v) is 2.03. The van der Waals surface area contributed by atoms with Crippen LogP contribution in [0.3, 0.4) is 0 Å². The molecule has 0 aliphatic heterocycles. The lowest BCUT2D eigenvalue weighted by Crippen LogP contribution is -2.19. The van der Waals surface area contributed by atoms with Crippen molar-refractivity contribution >= 4 is 33.8 Å². The number of aromatic nitrogens is 1. The maximum absolute atomic E-state index is 5.41. The molecule has 3 nitrogen and oxygen atoms in total. The summed E-state index contributed by atoms with van der Waals surface area (Å²) in [5.74, 6) is 0. The second-order valence-electron chi connectivity index (χ2n) is 2.90. The number of nitrogens with zero attached hydrogens (tertiary/aromatic N) is 1. The van der Waals surface area contributed by atoms with Crippen LogP contribution in [-0.4, -0.2) is 10.1 Å². The fourth-order valence-electron chi connectivity index (χ4n) is 1.35. The normalized spacial score (nSPS) is 10.0. The number of anilines is 1. The van der Waals surface area contributed by atoms with Crippen molar-refractivity contribution in [1.82, 2.24) is 4.98 Å². The molecule has 0 bridgehead atoms. The molecule has 0 saturated heterocycles. The second kappa shape index (κ2) is 3.59. The van der Waals surface area contributed by atoms with Crippen LogP contribution in [0.2, 0.25) is 0 Å². The number of hydrogen-bond acceptors (Lipinski definition) is 2. The summed E-state index contributed by atoms with van der Waals surface area (Å²) in [4.78, 5) is 4.09. The molecular weight excluding hydrogens is 194 g/mol. The standard InChI is InChI=1S/C10H9N3S/c11-10(14)13-9-6-12-5-7-3-1-2-4-8(7)9/h1-6H,(H3,11,13,14). The zero-order valence-corrected chi connectivity index (χ0v) is 8.21. The van der Waals surface area contributed by atoms with Gasteiger partial charge in [-0.3, -0.25) is 4.98 Å². The Morgan fingerprint density at radius 3 is 2.86 bits per heavy atom. The van der Waals surface area contributed by atoms with E-state index < -0.39 is 0 Å². The van der Waals surface area contributed by atoms with Crippen LogP contribution in [0, 0.1) is 0 Å². The van der Waals surface area contributed by atoms with Crippen molar-refractivity contribution in [3.8, 4) is 0 Å². The Bertz CT molecular complexity index is 476. The van der Waals surface area contributed by atoms with Crippen molar-refractivity contribution < 1.29 is 0 Å². The SMILES string of the molecule is NC(=S)Nc1cncc2ccccc12. The topological polar surface area (TPSA) is 50.9 Å². The van der Waals surface area contributed by atoms with Gasteiger partial charge in [-0.1, -0.05) is 24.3 Å². The Morgan fingerprint density at radius 2 is 2.07 bits per heavy atom. The molecule has 2 aromatic rings. The van der Waals surface area contributed by atoms with Crippen molar-refractivity contribution in [3.05, 3.63) is 36.7 Å². The molecule has 1 aromatic carbocycles. The summed E-state index contributed by atoms with van der Waals surface area (Å²) in [6, 6.07) is 7.92. The van der Waals surface area contributed by atoms with Crippen molar-refractivity contribution in [1.29, 1.82) is 0 Å². The molecule has 70 valence electrons. The van der Waals surface area contributed by atoms with Crippen LogP contribution in [0.4, 0.5) is 5.69 Å². The first-order valence-corrected chi connectivity index (χ1v) is 4.57. The van der Waals surface area contributed by atoms with Crippen LogP contribution in [-0.2, 0) is 0 Å². The van der Waals surface area contributed by atoms with E-state index in [-0.39, 0.29) is 5.11 Å². The summed E-state index contributed by atoms with van der Waals surface area (Å²) in [6.07, 6.45) is 3.52. The number of pyridine rings is 1. The Morgan fingerprint density at radius 1 is 1.29 bits per heavy atom. The predicted molar refractivity (Wildman–Crippen MR) is 62.2 cm³/mol. The largest absolute Gasteiger partial charge is 0.376 e. The molecule has 0 aliphatic carbocycles. The van der Waals surface area contributed by atoms with Gasteiger partial charge in [0, 0.05) is 17.0 Å². The Hall–Kier alpha value is -1.68. The summed E-state index contributed by atoms with van der Waals surface area (Å²) in [7, 11) is 0. The Kier molecular flexibility index (Phi) is 2.28. The first kappa shape index (κ1) is 8.90. The molecule has 0 radical (unpaired) electrons. The smallest absolute Gasteiger partial charge is 0.168 e. The first-order chi connectivity index (χ1) is 6.77. The molecule has 0 aliphatic rings. The molecule has 3 N–H and O–H groups in total. The molecular formula is C10H9N3S. The molecule has 0 atom stereocenters. The maximum atomic E-state index is 5.41. The van der Waals surface area contributed by atoms with Crippen molar-refractivity contribution in [2.24, 2.45) is 5.73 Å². The molecule has 0 unspecified atom stereocenters. The highest BCUT2D eigenvalue weighted by atomic mass is 32.1. The Balaban J connectivity index is 2.59. The number of thiocarbonyl (C=S) groups is 1. The van der Waals surface area contributed by atoms with Gasteiger partial charge in [-0.05, 0) is 12.2 Å². The van der Waals surface area contributed by atoms with E-state index in [1.165, 1.54) is 0 Å². The zero-order valence-electron chi connectivity index (χ0n) is 7.40. The van der Waals surface area contributed by atoms with Gasteiger partial charge in [-0.2, -0.15) is 0 Å². The fourth-order valence-corrected chi connectivity index (χ4v) is 1.46. The lowest BCUT2D eigenvalue weighted by molar-refractivity contribution is 1.36. The minimum atomic E-state index is 0.253. The lowest BCUT2D eigenvalue weighted by Gasteiger charge is -2.06. The van der Waals surface area contributed by atoms with Crippen molar-refractivity contribution in [3.63, 3.8) is 0 Å². The summed E-state index contributed by atoms with van der Waals surface area (Å²) >= 11 is 4.78. The van der Waals surface area contributed by atoms with Gasteiger partial charge in [0.1, 0.15) is 0 Å². The maximum Gasteiger partial charge on any atom is 0.168 e. The number of rotatable bonds is 1. The van der Waals surface area contributed by atoms with Crippen LogP contribution in [0.15, 0.2) is 36.7 Å². The number of nitrogens with one attached hydrogen (secondary N) is 1. The van der Waals surface area contributed by atoms with E-state index in [1.807, 2.05) is 24.3 Å². The summed E-state index contributed by atoms with van der Waals surface area (Å²) in [5.41, 5.74) is 6.25. The second-order valence-corrected chi connectivity index (χ2v) is 3.34. The monoisotopic (exact) mass is 203 g/mol. The molecule has 0 fully saturated rings. The van der Waals surface area contributed by atoms with E-state index in [0.717, 1.165) is 16.5 Å². The molecule has 2 rings (SSSR count). The molecule has 1 aromatic heterocycles. The van der Waals surface area contributed by atoms with Crippen LogP contribution >= 0.6 is 12.2 Å². The van der Waals surface area contributed by atoms with E-state index in [0.29, 0.717) is 0 Å². The highest BCUT2D eigenvalue weighted by molar-refractivity contribution is 7.80.